The number of esters is 1. The number of Topliss-reactive ketones (excluding diaryl/α,β-unsaturated/α-hetero) is 3. The number of carbonyl (C=O) groups is 4. The first-order valence-corrected chi connectivity index (χ1v) is 14.7. The Hall–Kier alpha value is -1.90. The predicted molar refractivity (Wildman–Crippen MR) is 148 cm³/mol. The van der Waals surface area contributed by atoms with Crippen LogP contribution < -0.4 is 0 Å². The van der Waals surface area contributed by atoms with Gasteiger partial charge in [-0.05, 0) is 83.0 Å². The predicted octanol–water partition coefficient (Wildman–Crippen LogP) is 3.72. The maximum absolute atomic E-state index is 14.3. The molecule has 1 unspecified atom stereocenters. The zero-order valence-corrected chi connectivity index (χ0v) is 25.6. The lowest BCUT2D eigenvalue weighted by molar-refractivity contribution is -0.185. The van der Waals surface area contributed by atoms with Crippen LogP contribution in [0.25, 0.3) is 0 Å². The Balaban J connectivity index is 1.70. The Labute approximate surface area is 237 Å². The second kappa shape index (κ2) is 9.30. The minimum atomic E-state index is -1.91. The normalized spacial score (nSPS) is 42.2. The molecule has 0 aromatic carbocycles. The van der Waals surface area contributed by atoms with Gasteiger partial charge in [-0.2, -0.15) is 0 Å². The van der Waals surface area contributed by atoms with Gasteiger partial charge in [0.05, 0.1) is 6.10 Å². The molecule has 4 aliphatic rings. The van der Waals surface area contributed by atoms with Crippen molar-refractivity contribution in [3.8, 4) is 0 Å². The molecule has 3 N–H and O–H groups in total. The standard InChI is InChI=1S/C32H48O8/c1-17(33)40-27(2,3)13-12-23(36)32(9,39)25-21(35)15-29(6)22-11-10-18-19(14-20(34)26(38)28(18,4)5)31(22,8)24(37)16-30(25,29)7/h10,19-22,25,34-35,39H,11-16H2,1-9H3/t19-,20+,21-,22+,25+,29+,30-,31+,32?/m1/s1. The highest BCUT2D eigenvalue weighted by atomic mass is 16.6. The number of aliphatic hydroxyl groups is 3. The number of aliphatic hydroxyl groups excluding tert-OH is 2. The zero-order valence-electron chi connectivity index (χ0n) is 25.6. The van der Waals surface area contributed by atoms with E-state index >= 15 is 0 Å². The van der Waals surface area contributed by atoms with Crippen molar-refractivity contribution >= 4 is 23.3 Å². The van der Waals surface area contributed by atoms with Gasteiger partial charge >= 0.3 is 5.97 Å². The first-order chi connectivity index (χ1) is 18.1. The number of rotatable bonds is 6. The summed E-state index contributed by atoms with van der Waals surface area (Å²) in [4.78, 5) is 52.2. The molecule has 0 aliphatic heterocycles. The monoisotopic (exact) mass is 560 g/mol. The molecule has 0 amide bonds. The van der Waals surface area contributed by atoms with E-state index < -0.39 is 62.7 Å². The quantitative estimate of drug-likeness (QED) is 0.330. The van der Waals surface area contributed by atoms with Gasteiger partial charge in [-0.1, -0.05) is 32.4 Å². The van der Waals surface area contributed by atoms with Crippen LogP contribution in [-0.2, 0) is 23.9 Å². The van der Waals surface area contributed by atoms with Crippen molar-refractivity contribution in [2.24, 2.45) is 39.4 Å². The summed E-state index contributed by atoms with van der Waals surface area (Å²) in [5.74, 6) is -2.52. The minimum Gasteiger partial charge on any atom is -0.460 e. The highest BCUT2D eigenvalue weighted by Gasteiger charge is 2.74. The van der Waals surface area contributed by atoms with Crippen LogP contribution in [0.2, 0.25) is 0 Å². The summed E-state index contributed by atoms with van der Waals surface area (Å²) in [6.45, 7) is 15.8. The Morgan fingerprint density at radius 1 is 1.05 bits per heavy atom. The van der Waals surface area contributed by atoms with Crippen LogP contribution in [0, 0.1) is 39.4 Å². The summed E-state index contributed by atoms with van der Waals surface area (Å²) in [7, 11) is 0. The van der Waals surface area contributed by atoms with Crippen LogP contribution in [0.4, 0.5) is 0 Å². The third-order valence-electron chi connectivity index (χ3n) is 11.9. The van der Waals surface area contributed by atoms with Crippen molar-refractivity contribution in [1.82, 2.24) is 0 Å². The fourth-order valence-electron chi connectivity index (χ4n) is 9.68. The van der Waals surface area contributed by atoms with Crippen LogP contribution in [-0.4, -0.2) is 62.0 Å². The third kappa shape index (κ3) is 4.18. The van der Waals surface area contributed by atoms with Crippen LogP contribution >= 0.6 is 0 Å². The average Bonchev–Trinajstić information content (AvgIpc) is 3.01. The molecule has 4 rings (SSSR count). The van der Waals surface area contributed by atoms with E-state index in [0.29, 0.717) is 12.8 Å². The second-order valence-corrected chi connectivity index (χ2v) is 15.1. The number of allylic oxidation sites excluding steroid dienone is 2. The molecule has 40 heavy (non-hydrogen) atoms. The van der Waals surface area contributed by atoms with Crippen molar-refractivity contribution in [3.05, 3.63) is 11.6 Å². The van der Waals surface area contributed by atoms with Gasteiger partial charge in [0, 0.05) is 36.5 Å². The van der Waals surface area contributed by atoms with Gasteiger partial charge in [0.1, 0.15) is 23.1 Å². The lowest BCUT2D eigenvalue weighted by Crippen LogP contribution is -2.65. The lowest BCUT2D eigenvalue weighted by atomic mass is 9.38. The largest absolute Gasteiger partial charge is 0.460 e. The number of ketones is 3. The molecule has 0 bridgehead atoms. The topological polar surface area (TPSA) is 138 Å². The maximum Gasteiger partial charge on any atom is 0.303 e. The summed E-state index contributed by atoms with van der Waals surface area (Å²) >= 11 is 0. The minimum absolute atomic E-state index is 0.0104. The van der Waals surface area contributed by atoms with Crippen molar-refractivity contribution in [2.75, 3.05) is 0 Å². The summed E-state index contributed by atoms with van der Waals surface area (Å²) in [5.41, 5.74) is -5.07. The van der Waals surface area contributed by atoms with Crippen LogP contribution in [0.3, 0.4) is 0 Å². The maximum atomic E-state index is 14.3. The molecule has 8 nitrogen and oxygen atoms in total. The molecule has 0 spiro atoms. The molecule has 0 radical (unpaired) electrons. The number of hydrogen-bond donors (Lipinski definition) is 3. The van der Waals surface area contributed by atoms with E-state index in [-0.39, 0.29) is 49.1 Å². The van der Waals surface area contributed by atoms with E-state index in [1.807, 2.05) is 27.7 Å². The number of carbonyl (C=O) groups excluding carboxylic acids is 4. The highest BCUT2D eigenvalue weighted by molar-refractivity contribution is 5.95. The molecule has 4 aliphatic carbocycles. The summed E-state index contributed by atoms with van der Waals surface area (Å²) < 4.78 is 5.31. The Morgan fingerprint density at radius 2 is 1.65 bits per heavy atom. The van der Waals surface area contributed by atoms with Crippen molar-refractivity contribution in [1.29, 1.82) is 0 Å². The number of fused-ring (bicyclic) bond motifs is 5. The molecule has 3 fully saturated rings. The van der Waals surface area contributed by atoms with Crippen molar-refractivity contribution in [2.45, 2.75) is 124 Å². The lowest BCUT2D eigenvalue weighted by Gasteiger charge is -2.64. The van der Waals surface area contributed by atoms with E-state index in [4.69, 9.17) is 4.74 Å². The van der Waals surface area contributed by atoms with Gasteiger partial charge in [0.15, 0.2) is 11.6 Å². The number of hydrogen-bond acceptors (Lipinski definition) is 8. The van der Waals surface area contributed by atoms with Gasteiger partial charge in [-0.3, -0.25) is 19.2 Å². The van der Waals surface area contributed by atoms with E-state index in [1.165, 1.54) is 13.8 Å². The number of ether oxygens (including phenoxy) is 1. The van der Waals surface area contributed by atoms with E-state index in [1.54, 1.807) is 13.8 Å². The third-order valence-corrected chi connectivity index (χ3v) is 11.9. The van der Waals surface area contributed by atoms with Crippen LogP contribution in [0.15, 0.2) is 11.6 Å². The fraction of sp³-hybridized carbons (Fsp3) is 0.812. The van der Waals surface area contributed by atoms with E-state index in [9.17, 15) is 34.5 Å². The second-order valence-electron chi connectivity index (χ2n) is 15.1. The average molecular weight is 561 g/mol. The Bertz CT molecular complexity index is 1160. The molecular formula is C32H48O8. The van der Waals surface area contributed by atoms with Gasteiger partial charge in [0.25, 0.3) is 0 Å². The Kier molecular flexibility index (Phi) is 7.22. The first kappa shape index (κ1) is 31.0. The first-order valence-electron chi connectivity index (χ1n) is 14.7. The smallest absolute Gasteiger partial charge is 0.303 e. The van der Waals surface area contributed by atoms with Gasteiger partial charge in [-0.15, -0.1) is 0 Å². The molecule has 8 heteroatoms. The summed E-state index contributed by atoms with van der Waals surface area (Å²) in [5, 5.41) is 34.1. The van der Waals surface area contributed by atoms with Gasteiger partial charge in [-0.25, -0.2) is 0 Å². The zero-order chi connectivity index (χ0) is 30.4. The van der Waals surface area contributed by atoms with E-state index in [0.717, 1.165) is 5.57 Å². The fourth-order valence-corrected chi connectivity index (χ4v) is 9.68. The summed E-state index contributed by atoms with van der Waals surface area (Å²) in [6.07, 6.45) is 1.23. The molecule has 0 heterocycles. The summed E-state index contributed by atoms with van der Waals surface area (Å²) in [6, 6.07) is 0. The van der Waals surface area contributed by atoms with Crippen molar-refractivity contribution in [3.63, 3.8) is 0 Å². The van der Waals surface area contributed by atoms with Gasteiger partial charge in [0.2, 0.25) is 0 Å². The molecule has 0 saturated heterocycles. The molecule has 0 aromatic heterocycles. The SMILES string of the molecule is CC(=O)OC(C)(C)CCC(=O)C(C)(O)[C@H]1[C@H](O)C[C@@]2(C)[C@@H]3CC=C4[C@@H](C[C@H](O)C(=O)C4(C)C)[C@]3(C)C(=O)C[C@]12C. The van der Waals surface area contributed by atoms with Crippen LogP contribution in [0.5, 0.6) is 0 Å². The van der Waals surface area contributed by atoms with Crippen molar-refractivity contribution < 1.29 is 39.2 Å². The molecule has 224 valence electrons. The van der Waals surface area contributed by atoms with Gasteiger partial charge < -0.3 is 20.1 Å². The van der Waals surface area contributed by atoms with Crippen LogP contribution in [0.1, 0.15) is 101 Å². The molecule has 0 aromatic rings. The molecular weight excluding hydrogens is 512 g/mol. The van der Waals surface area contributed by atoms with E-state index in [2.05, 4.69) is 13.0 Å². The molecule has 3 saturated carbocycles. The Morgan fingerprint density at radius 3 is 2.23 bits per heavy atom. The molecule has 9 atom stereocenters. The highest BCUT2D eigenvalue weighted by Crippen LogP contribution is 2.74.